The lowest BCUT2D eigenvalue weighted by Gasteiger charge is -2.33. The van der Waals surface area contributed by atoms with Crippen LogP contribution in [0.5, 0.6) is 0 Å². The van der Waals surface area contributed by atoms with E-state index in [1.54, 1.807) is 46.7 Å². The zero-order chi connectivity index (χ0) is 20.9. The number of hydrogen-bond acceptors (Lipinski definition) is 5. The predicted molar refractivity (Wildman–Crippen MR) is 113 cm³/mol. The van der Waals surface area contributed by atoms with Crippen molar-refractivity contribution in [3.63, 3.8) is 0 Å². The molecular weight excluding hydrogens is 398 g/mol. The minimum atomic E-state index is -0.228. The molecular formula is C22H21N5O2S. The van der Waals surface area contributed by atoms with E-state index in [0.29, 0.717) is 30.8 Å². The summed E-state index contributed by atoms with van der Waals surface area (Å²) in [6, 6.07) is 14.4. The average Bonchev–Trinajstić information content (AvgIpc) is 3.45. The first-order valence-electron chi connectivity index (χ1n) is 9.75. The molecule has 7 nitrogen and oxygen atoms in total. The topological polar surface area (TPSA) is 91.0 Å². The first-order chi connectivity index (χ1) is 14.6. The van der Waals surface area contributed by atoms with E-state index in [1.807, 2.05) is 22.2 Å². The molecule has 0 saturated heterocycles. The van der Waals surface area contributed by atoms with Crippen LogP contribution in [0.25, 0.3) is 0 Å². The number of benzene rings is 1. The molecule has 1 aliphatic rings. The summed E-state index contributed by atoms with van der Waals surface area (Å²) in [5.41, 5.74) is 1.81. The first-order valence-corrected chi connectivity index (χ1v) is 10.6. The quantitative estimate of drug-likeness (QED) is 0.665. The molecule has 0 unspecified atom stereocenters. The summed E-state index contributed by atoms with van der Waals surface area (Å²) in [7, 11) is 0. The Labute approximate surface area is 178 Å². The van der Waals surface area contributed by atoms with Crippen molar-refractivity contribution in [3.05, 3.63) is 75.7 Å². The van der Waals surface area contributed by atoms with Gasteiger partial charge in [-0.05, 0) is 42.1 Å². The molecule has 0 radical (unpaired) electrons. The van der Waals surface area contributed by atoms with Crippen molar-refractivity contribution in [1.82, 2.24) is 20.0 Å². The fourth-order valence-electron chi connectivity index (χ4n) is 3.66. The van der Waals surface area contributed by atoms with Crippen LogP contribution in [-0.2, 0) is 17.8 Å². The lowest BCUT2D eigenvalue weighted by molar-refractivity contribution is -0.122. The minimum Gasteiger partial charge on any atom is -0.356 e. The highest BCUT2D eigenvalue weighted by molar-refractivity contribution is 7.09. The Morgan fingerprint density at radius 1 is 1.27 bits per heavy atom. The van der Waals surface area contributed by atoms with E-state index >= 15 is 0 Å². The number of nitrogens with one attached hydrogen (secondary N) is 1. The monoisotopic (exact) mass is 419 g/mol. The van der Waals surface area contributed by atoms with Crippen molar-refractivity contribution in [2.24, 2.45) is 0 Å². The van der Waals surface area contributed by atoms with E-state index in [2.05, 4.69) is 22.6 Å². The Balaban J connectivity index is 1.42. The van der Waals surface area contributed by atoms with Crippen molar-refractivity contribution < 1.29 is 9.59 Å². The Bertz CT molecular complexity index is 1080. The molecule has 1 N–H and O–H groups in total. The van der Waals surface area contributed by atoms with Crippen LogP contribution in [0.15, 0.2) is 54.0 Å². The van der Waals surface area contributed by atoms with E-state index in [9.17, 15) is 9.59 Å². The maximum Gasteiger partial charge on any atom is 0.254 e. The minimum absolute atomic E-state index is 0.0567. The van der Waals surface area contributed by atoms with Crippen LogP contribution in [0, 0.1) is 11.3 Å². The fourth-order valence-corrected chi connectivity index (χ4v) is 4.37. The summed E-state index contributed by atoms with van der Waals surface area (Å²) in [6.07, 6.45) is 2.75. The zero-order valence-electron chi connectivity index (χ0n) is 16.3. The van der Waals surface area contributed by atoms with Gasteiger partial charge in [0, 0.05) is 29.7 Å². The molecule has 3 aromatic rings. The Kier molecular flexibility index (Phi) is 5.91. The highest BCUT2D eigenvalue weighted by atomic mass is 32.1. The van der Waals surface area contributed by atoms with Gasteiger partial charge in [0.25, 0.3) is 5.91 Å². The van der Waals surface area contributed by atoms with Crippen molar-refractivity contribution in [2.45, 2.75) is 25.4 Å². The lowest BCUT2D eigenvalue weighted by atomic mass is 10.1. The van der Waals surface area contributed by atoms with E-state index in [0.717, 1.165) is 12.1 Å². The van der Waals surface area contributed by atoms with Crippen LogP contribution in [-0.4, -0.2) is 39.6 Å². The molecule has 2 aromatic heterocycles. The summed E-state index contributed by atoms with van der Waals surface area (Å²) >= 11 is 1.68. The van der Waals surface area contributed by atoms with Crippen LogP contribution < -0.4 is 5.32 Å². The summed E-state index contributed by atoms with van der Waals surface area (Å²) in [5.74, 6) is -0.207. The molecule has 0 saturated carbocycles. The van der Waals surface area contributed by atoms with Gasteiger partial charge in [-0.2, -0.15) is 10.4 Å². The van der Waals surface area contributed by atoms with E-state index < -0.39 is 0 Å². The highest BCUT2D eigenvalue weighted by Gasteiger charge is 2.30. The second-order valence-electron chi connectivity index (χ2n) is 7.18. The maximum atomic E-state index is 13.0. The fraction of sp³-hybridized carbons (Fsp3) is 0.273. The second-order valence-corrected chi connectivity index (χ2v) is 8.21. The molecule has 1 aromatic carbocycles. The molecule has 0 fully saturated rings. The molecule has 152 valence electrons. The number of nitriles is 1. The number of amides is 2. The standard InChI is InChI=1S/C22H21N5O2S/c23-13-16-3-1-4-17(11-16)22(29)26-14-18-6-9-25-27(18)19(15-26)12-21(28)24-8-7-20-5-2-10-30-20/h1-6,9-11,19H,7-8,12,14-15H2,(H,24,28)/t19-/m0/s1. The van der Waals surface area contributed by atoms with E-state index in [1.165, 1.54) is 4.88 Å². The third-order valence-electron chi connectivity index (χ3n) is 5.10. The van der Waals surface area contributed by atoms with Crippen molar-refractivity contribution >= 4 is 23.2 Å². The Morgan fingerprint density at radius 3 is 2.97 bits per heavy atom. The molecule has 0 spiro atoms. The molecule has 2 amide bonds. The molecule has 30 heavy (non-hydrogen) atoms. The predicted octanol–water partition coefficient (Wildman–Crippen LogP) is 2.76. The van der Waals surface area contributed by atoms with Crippen LogP contribution in [0.4, 0.5) is 0 Å². The van der Waals surface area contributed by atoms with Gasteiger partial charge in [-0.1, -0.05) is 12.1 Å². The van der Waals surface area contributed by atoms with Gasteiger partial charge >= 0.3 is 0 Å². The molecule has 3 heterocycles. The third-order valence-corrected chi connectivity index (χ3v) is 6.04. The number of thiophene rings is 1. The average molecular weight is 420 g/mol. The largest absolute Gasteiger partial charge is 0.356 e. The highest BCUT2D eigenvalue weighted by Crippen LogP contribution is 2.24. The Hall–Kier alpha value is -3.44. The number of fused-ring (bicyclic) bond motifs is 1. The number of nitrogens with zero attached hydrogens (tertiary/aromatic N) is 4. The van der Waals surface area contributed by atoms with Crippen LogP contribution in [0.1, 0.15) is 39.0 Å². The van der Waals surface area contributed by atoms with Crippen LogP contribution in [0.3, 0.4) is 0 Å². The first kappa shape index (κ1) is 19.9. The SMILES string of the molecule is N#Cc1cccc(C(=O)N2Cc3ccnn3[C@@H](CC(=O)NCCc3cccs3)C2)c1. The van der Waals surface area contributed by atoms with Crippen LogP contribution in [0.2, 0.25) is 0 Å². The van der Waals surface area contributed by atoms with Crippen molar-refractivity contribution in [3.8, 4) is 6.07 Å². The molecule has 1 aliphatic heterocycles. The number of aromatic nitrogens is 2. The maximum absolute atomic E-state index is 13.0. The van der Waals surface area contributed by atoms with Gasteiger partial charge in [-0.15, -0.1) is 11.3 Å². The Morgan fingerprint density at radius 2 is 2.17 bits per heavy atom. The number of rotatable bonds is 6. The van der Waals surface area contributed by atoms with Gasteiger partial charge in [-0.3, -0.25) is 14.3 Å². The second kappa shape index (κ2) is 8.93. The van der Waals surface area contributed by atoms with E-state index in [-0.39, 0.29) is 24.3 Å². The molecule has 4 rings (SSSR count). The van der Waals surface area contributed by atoms with Gasteiger partial charge < -0.3 is 10.2 Å². The van der Waals surface area contributed by atoms with Gasteiger partial charge in [0.1, 0.15) is 0 Å². The van der Waals surface area contributed by atoms with Gasteiger partial charge in [0.2, 0.25) is 5.91 Å². The molecule has 8 heteroatoms. The van der Waals surface area contributed by atoms with Gasteiger partial charge in [0.05, 0.1) is 36.3 Å². The smallest absolute Gasteiger partial charge is 0.254 e. The van der Waals surface area contributed by atoms with Crippen molar-refractivity contribution in [2.75, 3.05) is 13.1 Å². The summed E-state index contributed by atoms with van der Waals surface area (Å²) < 4.78 is 1.84. The number of carbonyl (C=O) groups excluding carboxylic acids is 2. The summed E-state index contributed by atoms with van der Waals surface area (Å²) in [5, 5.41) is 18.5. The summed E-state index contributed by atoms with van der Waals surface area (Å²) in [4.78, 5) is 28.5. The van der Waals surface area contributed by atoms with Crippen LogP contribution >= 0.6 is 11.3 Å². The third kappa shape index (κ3) is 4.42. The summed E-state index contributed by atoms with van der Waals surface area (Å²) in [6.45, 7) is 1.40. The number of carbonyl (C=O) groups is 2. The molecule has 0 bridgehead atoms. The van der Waals surface area contributed by atoms with E-state index in [4.69, 9.17) is 5.26 Å². The lowest BCUT2D eigenvalue weighted by Crippen LogP contribution is -2.43. The van der Waals surface area contributed by atoms with Gasteiger partial charge in [-0.25, -0.2) is 0 Å². The number of hydrogen-bond donors (Lipinski definition) is 1. The van der Waals surface area contributed by atoms with Crippen molar-refractivity contribution in [1.29, 1.82) is 5.26 Å². The molecule has 1 atom stereocenters. The van der Waals surface area contributed by atoms with Gasteiger partial charge in [0.15, 0.2) is 0 Å². The zero-order valence-corrected chi connectivity index (χ0v) is 17.1. The molecule has 0 aliphatic carbocycles. The normalized spacial score (nSPS) is 15.3.